The molecular formula is C11H15N3. The van der Waals surface area contributed by atoms with Crippen molar-refractivity contribution in [1.29, 1.82) is 0 Å². The van der Waals surface area contributed by atoms with Gasteiger partial charge in [-0.2, -0.15) is 5.10 Å². The third kappa shape index (κ3) is 1.63. The van der Waals surface area contributed by atoms with Gasteiger partial charge in [0.2, 0.25) is 0 Å². The van der Waals surface area contributed by atoms with E-state index in [1.54, 1.807) is 0 Å². The Morgan fingerprint density at radius 3 is 3.07 bits per heavy atom. The van der Waals surface area contributed by atoms with Crippen molar-refractivity contribution in [2.45, 2.75) is 13.3 Å². The Labute approximate surface area is 83.7 Å². The van der Waals surface area contributed by atoms with Gasteiger partial charge in [0, 0.05) is 19.2 Å². The van der Waals surface area contributed by atoms with Gasteiger partial charge in [-0.05, 0) is 31.7 Å². The Hall–Kier alpha value is -1.35. The normalized spacial score (nSPS) is 11.0. The number of likely N-dealkylation sites (N-methyl/N-ethyl adjacent to an activating group) is 1. The zero-order valence-electron chi connectivity index (χ0n) is 8.62. The van der Waals surface area contributed by atoms with E-state index in [4.69, 9.17) is 0 Å². The van der Waals surface area contributed by atoms with Crippen LogP contribution in [0.4, 0.5) is 0 Å². The number of fused-ring (bicyclic) bond motifs is 1. The Balaban J connectivity index is 2.36. The van der Waals surface area contributed by atoms with E-state index < -0.39 is 0 Å². The van der Waals surface area contributed by atoms with Crippen molar-refractivity contribution >= 4 is 5.52 Å². The van der Waals surface area contributed by atoms with Gasteiger partial charge >= 0.3 is 0 Å². The minimum absolute atomic E-state index is 0.975. The molecule has 0 atom stereocenters. The fourth-order valence-electron chi connectivity index (χ4n) is 1.58. The summed E-state index contributed by atoms with van der Waals surface area (Å²) in [4.78, 5) is 0. The highest BCUT2D eigenvalue weighted by molar-refractivity contribution is 5.54. The van der Waals surface area contributed by atoms with Crippen LogP contribution in [0, 0.1) is 6.92 Å². The molecule has 74 valence electrons. The first-order valence-corrected chi connectivity index (χ1v) is 4.90. The summed E-state index contributed by atoms with van der Waals surface area (Å²) >= 11 is 0. The average Bonchev–Trinajstić information content (AvgIpc) is 2.59. The summed E-state index contributed by atoms with van der Waals surface area (Å²) in [7, 11) is 1.96. The summed E-state index contributed by atoms with van der Waals surface area (Å²) in [5.41, 5.74) is 3.63. The van der Waals surface area contributed by atoms with Crippen molar-refractivity contribution in [2.24, 2.45) is 0 Å². The Kier molecular flexibility index (Phi) is 2.50. The van der Waals surface area contributed by atoms with Gasteiger partial charge in [0.25, 0.3) is 0 Å². The van der Waals surface area contributed by atoms with Crippen molar-refractivity contribution < 1.29 is 0 Å². The molecule has 0 aliphatic carbocycles. The van der Waals surface area contributed by atoms with Gasteiger partial charge in [-0.3, -0.25) is 0 Å². The third-order valence-electron chi connectivity index (χ3n) is 2.39. The highest BCUT2D eigenvalue weighted by Crippen LogP contribution is 2.11. The number of pyridine rings is 1. The maximum Gasteiger partial charge on any atom is 0.0693 e. The van der Waals surface area contributed by atoms with Crippen LogP contribution in [-0.2, 0) is 6.42 Å². The summed E-state index contributed by atoms with van der Waals surface area (Å²) in [5.74, 6) is 0. The summed E-state index contributed by atoms with van der Waals surface area (Å²) in [5, 5.41) is 7.61. The Morgan fingerprint density at radius 1 is 1.50 bits per heavy atom. The SMILES string of the molecule is CNCCc1cc2c(C)cccn2n1. The summed E-state index contributed by atoms with van der Waals surface area (Å²) in [6, 6.07) is 6.29. The van der Waals surface area contributed by atoms with E-state index in [-0.39, 0.29) is 0 Å². The van der Waals surface area contributed by atoms with Crippen molar-refractivity contribution in [3.8, 4) is 0 Å². The number of hydrogen-bond acceptors (Lipinski definition) is 2. The molecule has 0 aliphatic rings. The van der Waals surface area contributed by atoms with E-state index in [0.717, 1.165) is 18.7 Å². The van der Waals surface area contributed by atoms with Crippen LogP contribution in [0.3, 0.4) is 0 Å². The highest BCUT2D eigenvalue weighted by Gasteiger charge is 2.02. The predicted octanol–water partition coefficient (Wildman–Crippen LogP) is 1.40. The number of nitrogens with zero attached hydrogens (tertiary/aromatic N) is 2. The molecule has 0 amide bonds. The van der Waals surface area contributed by atoms with Crippen LogP contribution >= 0.6 is 0 Å². The zero-order valence-corrected chi connectivity index (χ0v) is 8.62. The second kappa shape index (κ2) is 3.80. The van der Waals surface area contributed by atoms with Gasteiger partial charge in [-0.1, -0.05) is 6.07 Å². The number of rotatable bonds is 3. The van der Waals surface area contributed by atoms with Crippen LogP contribution in [-0.4, -0.2) is 23.2 Å². The molecule has 0 aliphatic heterocycles. The molecule has 0 fully saturated rings. The van der Waals surface area contributed by atoms with Gasteiger partial charge in [0.05, 0.1) is 11.2 Å². The van der Waals surface area contributed by atoms with Gasteiger partial charge in [0.15, 0.2) is 0 Å². The lowest BCUT2D eigenvalue weighted by molar-refractivity contribution is 0.764. The second-order valence-electron chi connectivity index (χ2n) is 3.51. The molecule has 3 nitrogen and oxygen atoms in total. The van der Waals surface area contributed by atoms with E-state index in [1.165, 1.54) is 11.1 Å². The number of hydrogen-bond donors (Lipinski definition) is 1. The molecule has 14 heavy (non-hydrogen) atoms. The van der Waals surface area contributed by atoms with Gasteiger partial charge in [-0.15, -0.1) is 0 Å². The largest absolute Gasteiger partial charge is 0.319 e. The van der Waals surface area contributed by atoms with E-state index >= 15 is 0 Å². The molecule has 0 spiro atoms. The first kappa shape index (κ1) is 9.21. The lowest BCUT2D eigenvalue weighted by Gasteiger charge is -1.94. The minimum Gasteiger partial charge on any atom is -0.319 e. The van der Waals surface area contributed by atoms with Gasteiger partial charge in [0.1, 0.15) is 0 Å². The van der Waals surface area contributed by atoms with E-state index in [0.29, 0.717) is 0 Å². The summed E-state index contributed by atoms with van der Waals surface area (Å²) in [6.07, 6.45) is 2.98. The first-order chi connectivity index (χ1) is 6.81. The molecule has 0 bridgehead atoms. The molecular weight excluding hydrogens is 174 g/mol. The topological polar surface area (TPSA) is 29.3 Å². The van der Waals surface area contributed by atoms with E-state index in [2.05, 4.69) is 29.5 Å². The number of aromatic nitrogens is 2. The molecule has 0 unspecified atom stereocenters. The van der Waals surface area contributed by atoms with Crippen LogP contribution in [0.25, 0.3) is 5.52 Å². The van der Waals surface area contributed by atoms with E-state index in [1.807, 2.05) is 23.8 Å². The molecule has 2 aromatic heterocycles. The maximum atomic E-state index is 4.49. The van der Waals surface area contributed by atoms with Crippen molar-refractivity contribution in [3.63, 3.8) is 0 Å². The molecule has 0 saturated heterocycles. The quantitative estimate of drug-likeness (QED) is 0.791. The molecule has 2 rings (SSSR count). The van der Waals surface area contributed by atoms with E-state index in [9.17, 15) is 0 Å². The number of aryl methyl sites for hydroxylation is 1. The van der Waals surface area contributed by atoms with Crippen LogP contribution < -0.4 is 5.32 Å². The van der Waals surface area contributed by atoms with Crippen LogP contribution in [0.5, 0.6) is 0 Å². The molecule has 0 aromatic carbocycles. The third-order valence-corrected chi connectivity index (χ3v) is 2.39. The average molecular weight is 189 g/mol. The van der Waals surface area contributed by atoms with Gasteiger partial charge < -0.3 is 5.32 Å². The number of nitrogens with one attached hydrogen (secondary N) is 1. The molecule has 1 N–H and O–H groups in total. The van der Waals surface area contributed by atoms with Crippen LogP contribution in [0.2, 0.25) is 0 Å². The van der Waals surface area contributed by atoms with Crippen molar-refractivity contribution in [1.82, 2.24) is 14.9 Å². The monoisotopic (exact) mass is 189 g/mol. The zero-order chi connectivity index (χ0) is 9.97. The lowest BCUT2D eigenvalue weighted by Crippen LogP contribution is -2.10. The standard InChI is InChI=1S/C11H15N3/c1-9-4-3-7-14-11(9)8-10(13-14)5-6-12-2/h3-4,7-8,12H,5-6H2,1-2H3. The maximum absolute atomic E-state index is 4.49. The molecule has 3 heteroatoms. The summed E-state index contributed by atoms with van der Waals surface area (Å²) < 4.78 is 1.94. The van der Waals surface area contributed by atoms with Crippen LogP contribution in [0.15, 0.2) is 24.4 Å². The Morgan fingerprint density at radius 2 is 2.36 bits per heavy atom. The van der Waals surface area contributed by atoms with Crippen LogP contribution in [0.1, 0.15) is 11.3 Å². The van der Waals surface area contributed by atoms with Crippen molar-refractivity contribution in [2.75, 3.05) is 13.6 Å². The lowest BCUT2D eigenvalue weighted by atomic mass is 10.2. The fraction of sp³-hybridized carbons (Fsp3) is 0.364. The smallest absolute Gasteiger partial charge is 0.0693 e. The fourth-order valence-corrected chi connectivity index (χ4v) is 1.58. The summed E-state index contributed by atoms with van der Waals surface area (Å²) in [6.45, 7) is 3.09. The molecule has 2 aromatic rings. The molecule has 0 radical (unpaired) electrons. The Bertz CT molecular complexity index is 431. The highest BCUT2D eigenvalue weighted by atomic mass is 15.2. The molecule has 0 saturated carbocycles. The van der Waals surface area contributed by atoms with Crippen molar-refractivity contribution in [3.05, 3.63) is 35.7 Å². The minimum atomic E-state index is 0.975. The second-order valence-corrected chi connectivity index (χ2v) is 3.51. The predicted molar refractivity (Wildman–Crippen MR) is 57.6 cm³/mol. The van der Waals surface area contributed by atoms with Gasteiger partial charge in [-0.25, -0.2) is 4.52 Å². The molecule has 2 heterocycles. The first-order valence-electron chi connectivity index (χ1n) is 4.90.